The summed E-state index contributed by atoms with van der Waals surface area (Å²) in [6.45, 7) is 2.81. The minimum atomic E-state index is -0.877. The Bertz CT molecular complexity index is 592. The van der Waals surface area contributed by atoms with Crippen molar-refractivity contribution >= 4 is 17.3 Å². The molecule has 0 bridgehead atoms. The number of carboxylic acids is 1. The first-order valence-corrected chi connectivity index (χ1v) is 7.74. The number of rotatable bonds is 7. The van der Waals surface area contributed by atoms with Crippen LogP contribution in [0, 0.1) is 0 Å². The fourth-order valence-electron chi connectivity index (χ4n) is 2.01. The molecule has 0 aliphatic rings. The van der Waals surface area contributed by atoms with E-state index in [-0.39, 0.29) is 5.75 Å². The number of hydrogen-bond donors (Lipinski definition) is 3. The highest BCUT2D eigenvalue weighted by Gasteiger charge is 2.08. The van der Waals surface area contributed by atoms with E-state index in [9.17, 15) is 9.90 Å². The van der Waals surface area contributed by atoms with Gasteiger partial charge in [0.2, 0.25) is 0 Å². The van der Waals surface area contributed by atoms with Gasteiger partial charge < -0.3 is 15.5 Å². The fourth-order valence-corrected chi connectivity index (χ4v) is 2.82. The third-order valence-corrected chi connectivity index (χ3v) is 4.26. The van der Waals surface area contributed by atoms with Gasteiger partial charge in [-0.1, -0.05) is 12.1 Å². The van der Waals surface area contributed by atoms with Gasteiger partial charge in [-0.2, -0.15) is 0 Å². The van der Waals surface area contributed by atoms with Gasteiger partial charge in [-0.15, -0.1) is 11.3 Å². The SMILES string of the molecule is CC(CCc1ccc(O)cc1)NCc1cc(C(=O)O)cs1. The summed E-state index contributed by atoms with van der Waals surface area (Å²) < 4.78 is 0. The van der Waals surface area contributed by atoms with Crippen LogP contribution in [0.15, 0.2) is 35.7 Å². The first kappa shape index (κ1) is 15.5. The van der Waals surface area contributed by atoms with Gasteiger partial charge in [0.15, 0.2) is 0 Å². The molecule has 0 aliphatic heterocycles. The maximum absolute atomic E-state index is 10.8. The number of carboxylic acid groups (broad SMARTS) is 1. The molecular weight excluding hydrogens is 286 g/mol. The van der Waals surface area contributed by atoms with Gasteiger partial charge in [-0.3, -0.25) is 0 Å². The Morgan fingerprint density at radius 2 is 2.05 bits per heavy atom. The summed E-state index contributed by atoms with van der Waals surface area (Å²) in [5.41, 5.74) is 1.55. The molecule has 0 aliphatic carbocycles. The van der Waals surface area contributed by atoms with Crippen LogP contribution in [-0.4, -0.2) is 22.2 Å². The summed E-state index contributed by atoms with van der Waals surface area (Å²) in [5, 5.41) is 23.2. The Hall–Kier alpha value is -1.85. The zero-order valence-corrected chi connectivity index (χ0v) is 12.7. The highest BCUT2D eigenvalue weighted by atomic mass is 32.1. The van der Waals surface area contributed by atoms with E-state index >= 15 is 0 Å². The molecule has 3 N–H and O–H groups in total. The molecule has 0 fully saturated rings. The predicted octanol–water partition coefficient (Wildman–Crippen LogP) is 3.26. The monoisotopic (exact) mass is 305 g/mol. The highest BCUT2D eigenvalue weighted by Crippen LogP contribution is 2.15. The number of nitrogens with one attached hydrogen (secondary N) is 1. The van der Waals surface area contributed by atoms with Gasteiger partial charge in [0.1, 0.15) is 5.75 Å². The van der Waals surface area contributed by atoms with Crippen molar-refractivity contribution in [1.82, 2.24) is 5.32 Å². The molecule has 0 radical (unpaired) electrons. The van der Waals surface area contributed by atoms with E-state index in [0.29, 0.717) is 18.2 Å². The molecule has 1 aromatic heterocycles. The third kappa shape index (κ3) is 4.88. The molecule has 0 saturated heterocycles. The largest absolute Gasteiger partial charge is 0.508 e. The zero-order chi connectivity index (χ0) is 15.2. The Morgan fingerprint density at radius 3 is 2.67 bits per heavy atom. The Kier molecular flexibility index (Phi) is 5.36. The smallest absolute Gasteiger partial charge is 0.336 e. The van der Waals surface area contributed by atoms with Crippen LogP contribution in [-0.2, 0) is 13.0 Å². The van der Waals surface area contributed by atoms with Gasteiger partial charge in [-0.05, 0) is 43.5 Å². The van der Waals surface area contributed by atoms with Crippen molar-refractivity contribution in [2.45, 2.75) is 32.4 Å². The van der Waals surface area contributed by atoms with Crippen LogP contribution < -0.4 is 5.32 Å². The molecule has 1 heterocycles. The lowest BCUT2D eigenvalue weighted by molar-refractivity contribution is 0.0697. The van der Waals surface area contributed by atoms with Gasteiger partial charge >= 0.3 is 5.97 Å². The maximum Gasteiger partial charge on any atom is 0.336 e. The number of aromatic carboxylic acids is 1. The van der Waals surface area contributed by atoms with Crippen molar-refractivity contribution < 1.29 is 15.0 Å². The van der Waals surface area contributed by atoms with E-state index in [1.165, 1.54) is 16.9 Å². The Morgan fingerprint density at radius 1 is 1.33 bits per heavy atom. The molecule has 1 atom stereocenters. The van der Waals surface area contributed by atoms with Gasteiger partial charge in [0.25, 0.3) is 0 Å². The van der Waals surface area contributed by atoms with Gasteiger partial charge in [0.05, 0.1) is 5.56 Å². The molecule has 1 unspecified atom stereocenters. The molecule has 4 nitrogen and oxygen atoms in total. The van der Waals surface area contributed by atoms with Crippen LogP contribution in [0.2, 0.25) is 0 Å². The van der Waals surface area contributed by atoms with Crippen LogP contribution >= 0.6 is 11.3 Å². The average Bonchev–Trinajstić information content (AvgIpc) is 2.93. The molecule has 5 heteroatoms. The molecular formula is C16H19NO3S. The molecule has 2 aromatic rings. The zero-order valence-electron chi connectivity index (χ0n) is 11.9. The van der Waals surface area contributed by atoms with Crippen molar-refractivity contribution in [2.24, 2.45) is 0 Å². The number of phenols is 1. The van der Waals surface area contributed by atoms with E-state index in [1.54, 1.807) is 23.6 Å². The number of hydrogen-bond acceptors (Lipinski definition) is 4. The standard InChI is InChI=1S/C16H19NO3S/c1-11(2-3-12-4-6-14(18)7-5-12)17-9-15-8-13(10-21-15)16(19)20/h4-8,10-11,17-18H,2-3,9H2,1H3,(H,19,20). The summed E-state index contributed by atoms with van der Waals surface area (Å²) in [5.74, 6) is -0.588. The van der Waals surface area contributed by atoms with Crippen LogP contribution in [0.25, 0.3) is 0 Å². The van der Waals surface area contributed by atoms with Crippen molar-refractivity contribution in [3.05, 3.63) is 51.7 Å². The van der Waals surface area contributed by atoms with E-state index < -0.39 is 5.97 Å². The first-order chi connectivity index (χ1) is 10.0. The summed E-state index contributed by atoms with van der Waals surface area (Å²) in [6, 6.07) is 9.32. The van der Waals surface area contributed by atoms with E-state index in [1.807, 2.05) is 12.1 Å². The molecule has 0 amide bonds. The number of benzene rings is 1. The van der Waals surface area contributed by atoms with Crippen molar-refractivity contribution in [1.29, 1.82) is 0 Å². The molecule has 112 valence electrons. The highest BCUT2D eigenvalue weighted by molar-refractivity contribution is 7.10. The lowest BCUT2D eigenvalue weighted by Crippen LogP contribution is -2.25. The number of phenolic OH excluding ortho intramolecular Hbond substituents is 1. The second-order valence-corrected chi connectivity index (χ2v) is 6.09. The maximum atomic E-state index is 10.8. The van der Waals surface area contributed by atoms with Crippen molar-refractivity contribution in [3.8, 4) is 5.75 Å². The summed E-state index contributed by atoms with van der Waals surface area (Å²) >= 11 is 1.46. The summed E-state index contributed by atoms with van der Waals surface area (Å²) in [7, 11) is 0. The van der Waals surface area contributed by atoms with Crippen molar-refractivity contribution in [2.75, 3.05) is 0 Å². The average molecular weight is 305 g/mol. The molecule has 0 saturated carbocycles. The Balaban J connectivity index is 1.75. The van der Waals surface area contributed by atoms with Gasteiger partial charge in [0, 0.05) is 22.8 Å². The predicted molar refractivity (Wildman–Crippen MR) is 84.0 cm³/mol. The first-order valence-electron chi connectivity index (χ1n) is 6.86. The fraction of sp³-hybridized carbons (Fsp3) is 0.312. The number of aromatic hydroxyl groups is 1. The quantitative estimate of drug-likeness (QED) is 0.734. The third-order valence-electron chi connectivity index (χ3n) is 3.33. The van der Waals surface area contributed by atoms with Crippen LogP contribution in [0.1, 0.15) is 34.1 Å². The normalized spacial score (nSPS) is 12.2. The minimum Gasteiger partial charge on any atom is -0.508 e. The van der Waals surface area contributed by atoms with E-state index in [2.05, 4.69) is 12.2 Å². The number of carbonyl (C=O) groups is 1. The number of thiophene rings is 1. The molecule has 0 spiro atoms. The van der Waals surface area contributed by atoms with E-state index in [4.69, 9.17) is 5.11 Å². The Labute approximate surface area is 128 Å². The minimum absolute atomic E-state index is 0.289. The van der Waals surface area contributed by atoms with Crippen molar-refractivity contribution in [3.63, 3.8) is 0 Å². The second kappa shape index (κ2) is 7.24. The summed E-state index contributed by atoms with van der Waals surface area (Å²) in [6.07, 6.45) is 1.93. The van der Waals surface area contributed by atoms with Gasteiger partial charge in [-0.25, -0.2) is 4.79 Å². The lowest BCUT2D eigenvalue weighted by atomic mass is 10.1. The number of aryl methyl sites for hydroxylation is 1. The van der Waals surface area contributed by atoms with Crippen LogP contribution in [0.3, 0.4) is 0 Å². The summed E-state index contributed by atoms with van der Waals surface area (Å²) in [4.78, 5) is 11.8. The topological polar surface area (TPSA) is 69.6 Å². The second-order valence-electron chi connectivity index (χ2n) is 5.09. The van der Waals surface area contributed by atoms with Crippen LogP contribution in [0.4, 0.5) is 0 Å². The molecule has 2 rings (SSSR count). The van der Waals surface area contributed by atoms with E-state index in [0.717, 1.165) is 17.7 Å². The lowest BCUT2D eigenvalue weighted by Gasteiger charge is -2.13. The van der Waals surface area contributed by atoms with Crippen LogP contribution in [0.5, 0.6) is 5.75 Å². The molecule has 1 aromatic carbocycles. The molecule has 21 heavy (non-hydrogen) atoms.